The van der Waals surface area contributed by atoms with E-state index in [4.69, 9.17) is 0 Å². The van der Waals surface area contributed by atoms with Crippen LogP contribution in [0.5, 0.6) is 0 Å². The average molecular weight is 173 g/mol. The Hall–Kier alpha value is -1.07. The second-order valence-corrected chi connectivity index (χ2v) is 2.29. The molecule has 60 valence electrons. The second kappa shape index (κ2) is 3.95. The summed E-state index contributed by atoms with van der Waals surface area (Å²) in [7, 11) is 0. The minimum Gasteiger partial charge on any atom is -0.412 e. The molecule has 4 nitrogen and oxygen atoms in total. The number of nitro groups is 1. The van der Waals surface area contributed by atoms with Gasteiger partial charge in [0.2, 0.25) is 0 Å². The smallest absolute Gasteiger partial charge is 0.270 e. The molecule has 0 aliphatic rings. The van der Waals surface area contributed by atoms with Crippen LogP contribution in [0.1, 0.15) is 0 Å². The Kier molecular flexibility index (Phi) is 3.56. The number of nitro benzene ring substituents is 1. The van der Waals surface area contributed by atoms with E-state index in [0.717, 1.165) is 0 Å². The van der Waals surface area contributed by atoms with E-state index >= 15 is 0 Å². The molecule has 0 atom stereocenters. The highest BCUT2D eigenvalue weighted by Gasteiger charge is 2.02. The first-order valence-electron chi connectivity index (χ1n) is 2.63. The normalized spacial score (nSPS) is 8.45. The third kappa shape index (κ3) is 2.57. The van der Waals surface area contributed by atoms with Crippen molar-refractivity contribution < 1.29 is 10.4 Å². The molecule has 0 amide bonds. The van der Waals surface area contributed by atoms with Crippen molar-refractivity contribution in [1.82, 2.24) is 0 Å². The Morgan fingerprint density at radius 1 is 1.45 bits per heavy atom. The molecule has 2 N–H and O–H groups in total. The van der Waals surface area contributed by atoms with Gasteiger partial charge in [0.15, 0.2) is 0 Å². The van der Waals surface area contributed by atoms with Gasteiger partial charge in [0.05, 0.1) is 4.92 Å². The predicted molar refractivity (Wildman–Crippen MR) is 44.0 cm³/mol. The summed E-state index contributed by atoms with van der Waals surface area (Å²) >= 11 is 3.94. The van der Waals surface area contributed by atoms with Gasteiger partial charge in [-0.05, 0) is 6.07 Å². The van der Waals surface area contributed by atoms with Gasteiger partial charge in [-0.25, -0.2) is 0 Å². The predicted octanol–water partition coefficient (Wildman–Crippen LogP) is 1.06. The fourth-order valence-corrected chi connectivity index (χ4v) is 0.825. The van der Waals surface area contributed by atoms with E-state index in [1.165, 1.54) is 12.1 Å². The van der Waals surface area contributed by atoms with E-state index < -0.39 is 4.92 Å². The lowest BCUT2D eigenvalue weighted by atomic mass is 10.3. The van der Waals surface area contributed by atoms with Gasteiger partial charge >= 0.3 is 0 Å². The topological polar surface area (TPSA) is 74.6 Å². The van der Waals surface area contributed by atoms with Crippen molar-refractivity contribution in [2.45, 2.75) is 4.90 Å². The van der Waals surface area contributed by atoms with E-state index in [-0.39, 0.29) is 11.2 Å². The Bertz CT molecular complexity index is 264. The molecule has 0 saturated heterocycles. The number of thiol groups is 1. The molecule has 0 aliphatic carbocycles. The summed E-state index contributed by atoms with van der Waals surface area (Å²) in [5.41, 5.74) is 0.0764. The molecule has 5 heteroatoms. The van der Waals surface area contributed by atoms with Crippen molar-refractivity contribution in [3.8, 4) is 0 Å². The largest absolute Gasteiger partial charge is 0.412 e. The van der Waals surface area contributed by atoms with E-state index in [2.05, 4.69) is 12.6 Å². The van der Waals surface area contributed by atoms with Crippen LogP contribution >= 0.6 is 12.6 Å². The molecular formula is C6H7NO3S. The molecule has 0 saturated carbocycles. The molecule has 1 rings (SSSR count). The van der Waals surface area contributed by atoms with Crippen molar-refractivity contribution in [3.05, 3.63) is 34.4 Å². The van der Waals surface area contributed by atoms with Crippen LogP contribution in [-0.2, 0) is 0 Å². The van der Waals surface area contributed by atoms with Gasteiger partial charge in [-0.15, -0.1) is 12.6 Å². The van der Waals surface area contributed by atoms with Crippen molar-refractivity contribution in [2.24, 2.45) is 0 Å². The van der Waals surface area contributed by atoms with Crippen molar-refractivity contribution in [3.63, 3.8) is 0 Å². The summed E-state index contributed by atoms with van der Waals surface area (Å²) in [6, 6.07) is 6.12. The van der Waals surface area contributed by atoms with E-state index in [0.29, 0.717) is 4.90 Å². The first-order chi connectivity index (χ1) is 4.70. The van der Waals surface area contributed by atoms with Crippen molar-refractivity contribution in [1.29, 1.82) is 0 Å². The molecule has 0 heterocycles. The maximum Gasteiger partial charge on any atom is 0.270 e. The van der Waals surface area contributed by atoms with Crippen LogP contribution in [0.4, 0.5) is 5.69 Å². The van der Waals surface area contributed by atoms with Crippen molar-refractivity contribution in [2.75, 3.05) is 0 Å². The van der Waals surface area contributed by atoms with Crippen LogP contribution in [0.3, 0.4) is 0 Å². The zero-order valence-electron chi connectivity index (χ0n) is 5.52. The minimum atomic E-state index is -0.445. The summed E-state index contributed by atoms with van der Waals surface area (Å²) in [5, 5.41) is 10.1. The lowest BCUT2D eigenvalue weighted by Crippen LogP contribution is -1.85. The quantitative estimate of drug-likeness (QED) is 0.391. The summed E-state index contributed by atoms with van der Waals surface area (Å²) in [4.78, 5) is 10.3. The molecule has 0 radical (unpaired) electrons. The van der Waals surface area contributed by atoms with Crippen LogP contribution in [-0.4, -0.2) is 10.4 Å². The highest BCUT2D eigenvalue weighted by Crippen LogP contribution is 2.14. The Morgan fingerprint density at radius 3 is 2.45 bits per heavy atom. The van der Waals surface area contributed by atoms with Crippen LogP contribution in [0, 0.1) is 10.1 Å². The maximum atomic E-state index is 10.1. The Balaban J connectivity index is 0.000001000. The molecule has 0 fully saturated rings. The van der Waals surface area contributed by atoms with Gasteiger partial charge in [0.1, 0.15) is 0 Å². The summed E-state index contributed by atoms with van der Waals surface area (Å²) < 4.78 is 0. The lowest BCUT2D eigenvalue weighted by Gasteiger charge is -1.90. The molecule has 0 unspecified atom stereocenters. The molecular weight excluding hydrogens is 166 g/mol. The van der Waals surface area contributed by atoms with Gasteiger partial charge in [0, 0.05) is 17.0 Å². The monoisotopic (exact) mass is 173 g/mol. The van der Waals surface area contributed by atoms with Gasteiger partial charge in [-0.1, -0.05) is 6.07 Å². The van der Waals surface area contributed by atoms with Gasteiger partial charge in [-0.3, -0.25) is 10.1 Å². The second-order valence-electron chi connectivity index (χ2n) is 1.78. The van der Waals surface area contributed by atoms with Crippen LogP contribution in [0.15, 0.2) is 29.2 Å². The number of rotatable bonds is 1. The number of benzene rings is 1. The van der Waals surface area contributed by atoms with E-state index in [9.17, 15) is 10.1 Å². The number of hydrogen-bond donors (Lipinski definition) is 1. The third-order valence-corrected chi connectivity index (χ3v) is 1.32. The number of hydrogen-bond acceptors (Lipinski definition) is 3. The molecule has 0 bridgehead atoms. The minimum absolute atomic E-state index is 0. The molecule has 0 spiro atoms. The fourth-order valence-electron chi connectivity index (χ4n) is 0.607. The summed E-state index contributed by atoms with van der Waals surface area (Å²) in [6.45, 7) is 0. The number of non-ortho nitro benzene ring substituents is 1. The fraction of sp³-hybridized carbons (Fsp3) is 0. The first-order valence-corrected chi connectivity index (χ1v) is 3.08. The average Bonchev–Trinajstić information content (AvgIpc) is 1.88. The van der Waals surface area contributed by atoms with Crippen molar-refractivity contribution >= 4 is 18.3 Å². The summed E-state index contributed by atoms with van der Waals surface area (Å²) in [5.74, 6) is 0. The molecule has 0 aliphatic heterocycles. The molecule has 0 aromatic heterocycles. The Labute approximate surface area is 68.7 Å². The number of nitrogens with zero attached hydrogens (tertiary/aromatic N) is 1. The third-order valence-electron chi connectivity index (χ3n) is 1.04. The van der Waals surface area contributed by atoms with Gasteiger partial charge in [-0.2, -0.15) is 0 Å². The van der Waals surface area contributed by atoms with Crippen LogP contribution < -0.4 is 0 Å². The molecule has 1 aromatic carbocycles. The Morgan fingerprint density at radius 2 is 2.09 bits per heavy atom. The van der Waals surface area contributed by atoms with Crippen LogP contribution in [0.25, 0.3) is 0 Å². The maximum absolute atomic E-state index is 10.1. The SMILES string of the molecule is O.O=[N+]([O-])c1cccc(S)c1. The van der Waals surface area contributed by atoms with E-state index in [1.54, 1.807) is 12.1 Å². The van der Waals surface area contributed by atoms with Crippen LogP contribution in [0.2, 0.25) is 0 Å². The first kappa shape index (κ1) is 9.93. The molecule has 1 aromatic rings. The zero-order valence-corrected chi connectivity index (χ0v) is 6.41. The summed E-state index contributed by atoms with van der Waals surface area (Å²) in [6.07, 6.45) is 0. The van der Waals surface area contributed by atoms with Gasteiger partial charge < -0.3 is 5.48 Å². The molecule has 11 heavy (non-hydrogen) atoms. The van der Waals surface area contributed by atoms with E-state index in [1.807, 2.05) is 0 Å². The zero-order chi connectivity index (χ0) is 7.56. The van der Waals surface area contributed by atoms with Gasteiger partial charge in [0.25, 0.3) is 5.69 Å². The standard InChI is InChI=1S/C6H5NO2S.H2O/c8-7(9)5-2-1-3-6(10)4-5;/h1-4,10H;1H2. The lowest BCUT2D eigenvalue weighted by molar-refractivity contribution is -0.385. The highest BCUT2D eigenvalue weighted by molar-refractivity contribution is 7.80. The highest BCUT2D eigenvalue weighted by atomic mass is 32.1.